The predicted molar refractivity (Wildman–Crippen MR) is 77.8 cm³/mol. The molecular formula is C14H25N3O4. The molecule has 1 aliphatic heterocycles. The maximum atomic E-state index is 12.2. The lowest BCUT2D eigenvalue weighted by molar-refractivity contribution is -0.144. The van der Waals surface area contributed by atoms with Crippen LogP contribution in [0.3, 0.4) is 0 Å². The van der Waals surface area contributed by atoms with Crippen LogP contribution in [0.15, 0.2) is 0 Å². The van der Waals surface area contributed by atoms with Gasteiger partial charge >= 0.3 is 12.0 Å². The molecule has 1 saturated heterocycles. The van der Waals surface area contributed by atoms with E-state index < -0.39 is 12.0 Å². The number of hydrogen-bond acceptors (Lipinski definition) is 3. The van der Waals surface area contributed by atoms with Crippen LogP contribution < -0.4 is 5.32 Å². The quantitative estimate of drug-likeness (QED) is 0.795. The van der Waals surface area contributed by atoms with Crippen LogP contribution >= 0.6 is 0 Å². The lowest BCUT2D eigenvalue weighted by atomic mass is 9.96. The van der Waals surface area contributed by atoms with Crippen molar-refractivity contribution in [1.29, 1.82) is 0 Å². The Morgan fingerprint density at radius 3 is 2.38 bits per heavy atom. The van der Waals surface area contributed by atoms with Gasteiger partial charge in [-0.25, -0.2) is 9.59 Å². The standard InChI is InChI=1S/C14H25N3O4/c1-9(2)11(13(19)20)15-12(18)10-6-5-7-17(8-10)14(21)16(3)4/h9-11H,5-8H2,1-4H3,(H,15,18)(H,19,20)/t10?,11-/m1/s1. The molecule has 0 bridgehead atoms. The first-order valence-electron chi connectivity index (χ1n) is 7.23. The summed E-state index contributed by atoms with van der Waals surface area (Å²) in [6, 6.07) is -1.01. The number of nitrogens with zero attached hydrogens (tertiary/aromatic N) is 2. The zero-order valence-corrected chi connectivity index (χ0v) is 13.1. The Bertz CT molecular complexity index is 409. The maximum absolute atomic E-state index is 12.2. The summed E-state index contributed by atoms with van der Waals surface area (Å²) in [7, 11) is 3.34. The lowest BCUT2D eigenvalue weighted by Gasteiger charge is -2.34. The van der Waals surface area contributed by atoms with Gasteiger partial charge in [-0.2, -0.15) is 0 Å². The van der Waals surface area contributed by atoms with Gasteiger partial charge < -0.3 is 20.2 Å². The molecule has 1 aliphatic rings. The summed E-state index contributed by atoms with van der Waals surface area (Å²) in [4.78, 5) is 38.4. The van der Waals surface area contributed by atoms with Gasteiger partial charge in [0, 0.05) is 27.2 Å². The SMILES string of the molecule is CC(C)[C@@H](NC(=O)C1CCCN(C(=O)N(C)C)C1)C(=O)O. The number of carboxylic acids is 1. The molecule has 120 valence electrons. The smallest absolute Gasteiger partial charge is 0.326 e. The van der Waals surface area contributed by atoms with Gasteiger partial charge in [-0.3, -0.25) is 4.79 Å². The Kier molecular flexibility index (Phi) is 5.99. The van der Waals surface area contributed by atoms with E-state index in [2.05, 4.69) is 5.32 Å². The lowest BCUT2D eigenvalue weighted by Crippen LogP contribution is -2.52. The number of amides is 3. The molecule has 1 heterocycles. The van der Waals surface area contributed by atoms with E-state index in [1.54, 1.807) is 32.8 Å². The van der Waals surface area contributed by atoms with E-state index in [0.717, 1.165) is 6.42 Å². The highest BCUT2D eigenvalue weighted by molar-refractivity contribution is 5.86. The van der Waals surface area contributed by atoms with Gasteiger partial charge in [-0.05, 0) is 18.8 Å². The number of aliphatic carboxylic acids is 1. The van der Waals surface area contributed by atoms with E-state index in [0.29, 0.717) is 19.5 Å². The van der Waals surface area contributed by atoms with Crippen LogP contribution in [0.2, 0.25) is 0 Å². The summed E-state index contributed by atoms with van der Waals surface area (Å²) in [6.45, 7) is 4.48. The molecule has 1 rings (SSSR count). The average Bonchev–Trinajstić information content (AvgIpc) is 2.42. The first kappa shape index (κ1) is 17.3. The Morgan fingerprint density at radius 2 is 1.90 bits per heavy atom. The maximum Gasteiger partial charge on any atom is 0.326 e. The van der Waals surface area contributed by atoms with Crippen LogP contribution in [-0.2, 0) is 9.59 Å². The third-order valence-electron chi connectivity index (χ3n) is 3.68. The van der Waals surface area contributed by atoms with Crippen LogP contribution in [0.1, 0.15) is 26.7 Å². The van der Waals surface area contributed by atoms with Gasteiger partial charge in [0.15, 0.2) is 0 Å². The van der Waals surface area contributed by atoms with Gasteiger partial charge in [0.05, 0.1) is 5.92 Å². The van der Waals surface area contributed by atoms with Crippen molar-refractivity contribution in [3.8, 4) is 0 Å². The summed E-state index contributed by atoms with van der Waals surface area (Å²) >= 11 is 0. The third-order valence-corrected chi connectivity index (χ3v) is 3.68. The minimum absolute atomic E-state index is 0.119. The molecule has 0 saturated carbocycles. The first-order valence-corrected chi connectivity index (χ1v) is 7.23. The van der Waals surface area contributed by atoms with Crippen LogP contribution in [-0.4, -0.2) is 66.0 Å². The number of hydrogen-bond donors (Lipinski definition) is 2. The van der Waals surface area contributed by atoms with Crippen molar-refractivity contribution in [1.82, 2.24) is 15.1 Å². The average molecular weight is 299 g/mol. The number of carbonyl (C=O) groups excluding carboxylic acids is 2. The van der Waals surface area contributed by atoms with E-state index in [4.69, 9.17) is 5.11 Å². The number of carboxylic acid groups (broad SMARTS) is 1. The first-order chi connectivity index (χ1) is 9.73. The number of rotatable bonds is 4. The number of carbonyl (C=O) groups is 3. The number of urea groups is 1. The molecule has 0 aromatic heterocycles. The summed E-state index contributed by atoms with van der Waals surface area (Å²) in [5.41, 5.74) is 0. The Labute approximate surface area is 125 Å². The van der Waals surface area contributed by atoms with Crippen LogP contribution in [0.4, 0.5) is 4.79 Å². The van der Waals surface area contributed by atoms with Gasteiger partial charge in [0.1, 0.15) is 6.04 Å². The Balaban J connectivity index is 2.65. The second-order valence-corrected chi connectivity index (χ2v) is 6.03. The molecule has 7 heteroatoms. The minimum atomic E-state index is -1.03. The van der Waals surface area contributed by atoms with Crippen molar-refractivity contribution in [3.63, 3.8) is 0 Å². The number of likely N-dealkylation sites (tertiary alicyclic amines) is 1. The molecule has 2 atom stereocenters. The van der Waals surface area contributed by atoms with E-state index in [1.165, 1.54) is 4.90 Å². The van der Waals surface area contributed by atoms with Crippen molar-refractivity contribution in [2.45, 2.75) is 32.7 Å². The van der Waals surface area contributed by atoms with Crippen molar-refractivity contribution < 1.29 is 19.5 Å². The fourth-order valence-electron chi connectivity index (χ4n) is 2.43. The van der Waals surface area contributed by atoms with Gasteiger partial charge in [0.25, 0.3) is 0 Å². The number of piperidine rings is 1. The zero-order chi connectivity index (χ0) is 16.2. The molecule has 0 spiro atoms. The molecule has 7 nitrogen and oxygen atoms in total. The molecule has 0 aliphatic carbocycles. The highest BCUT2D eigenvalue weighted by Gasteiger charge is 2.32. The summed E-state index contributed by atoms with van der Waals surface area (Å²) in [5, 5.41) is 11.7. The van der Waals surface area contributed by atoms with E-state index in [-0.39, 0.29) is 23.8 Å². The van der Waals surface area contributed by atoms with Gasteiger partial charge in [-0.15, -0.1) is 0 Å². The third kappa shape index (κ3) is 4.61. The largest absolute Gasteiger partial charge is 0.480 e. The van der Waals surface area contributed by atoms with Crippen LogP contribution in [0.5, 0.6) is 0 Å². The predicted octanol–water partition coefficient (Wildman–Crippen LogP) is 0.605. The van der Waals surface area contributed by atoms with Gasteiger partial charge in [0.2, 0.25) is 5.91 Å². The normalized spacial score (nSPS) is 20.0. The van der Waals surface area contributed by atoms with Crippen molar-refractivity contribution >= 4 is 17.9 Å². The van der Waals surface area contributed by atoms with Crippen LogP contribution in [0.25, 0.3) is 0 Å². The van der Waals surface area contributed by atoms with Gasteiger partial charge in [-0.1, -0.05) is 13.8 Å². The summed E-state index contributed by atoms with van der Waals surface area (Å²) in [5.74, 6) is -1.85. The van der Waals surface area contributed by atoms with E-state index in [1.807, 2.05) is 0 Å². The fourth-order valence-corrected chi connectivity index (χ4v) is 2.43. The van der Waals surface area contributed by atoms with Crippen LogP contribution in [0, 0.1) is 11.8 Å². The topological polar surface area (TPSA) is 90.0 Å². The Morgan fingerprint density at radius 1 is 1.29 bits per heavy atom. The molecule has 1 unspecified atom stereocenters. The Hall–Kier alpha value is -1.79. The second-order valence-electron chi connectivity index (χ2n) is 6.03. The fraction of sp³-hybridized carbons (Fsp3) is 0.786. The highest BCUT2D eigenvalue weighted by atomic mass is 16.4. The molecule has 0 aromatic carbocycles. The molecule has 0 radical (unpaired) electrons. The molecule has 1 fully saturated rings. The highest BCUT2D eigenvalue weighted by Crippen LogP contribution is 2.18. The van der Waals surface area contributed by atoms with E-state index >= 15 is 0 Å². The monoisotopic (exact) mass is 299 g/mol. The van der Waals surface area contributed by atoms with Crippen molar-refractivity contribution in [3.05, 3.63) is 0 Å². The van der Waals surface area contributed by atoms with Crippen molar-refractivity contribution in [2.75, 3.05) is 27.2 Å². The molecule has 0 aromatic rings. The minimum Gasteiger partial charge on any atom is -0.480 e. The number of nitrogens with one attached hydrogen (secondary N) is 1. The summed E-state index contributed by atoms with van der Waals surface area (Å²) in [6.07, 6.45) is 1.42. The second kappa shape index (κ2) is 7.28. The van der Waals surface area contributed by atoms with Crippen molar-refractivity contribution in [2.24, 2.45) is 11.8 Å². The molecule has 2 N–H and O–H groups in total. The molecular weight excluding hydrogens is 274 g/mol. The summed E-state index contributed by atoms with van der Waals surface area (Å²) < 4.78 is 0. The van der Waals surface area contributed by atoms with E-state index in [9.17, 15) is 14.4 Å². The molecule has 3 amide bonds. The zero-order valence-electron chi connectivity index (χ0n) is 13.1. The molecule has 21 heavy (non-hydrogen) atoms.